The Labute approximate surface area is 175 Å². The molecule has 154 valence electrons. The number of amides is 1. The molecule has 2 aromatic rings. The third-order valence-electron chi connectivity index (χ3n) is 5.01. The van der Waals surface area contributed by atoms with E-state index in [0.717, 1.165) is 30.7 Å². The Hall–Kier alpha value is -2.41. The maximum atomic E-state index is 12.6. The topological polar surface area (TPSA) is 81.2 Å². The van der Waals surface area contributed by atoms with Crippen molar-refractivity contribution in [1.29, 1.82) is 0 Å². The number of carbonyl (C=O) groups is 2. The van der Waals surface area contributed by atoms with Crippen LogP contribution in [0.2, 0.25) is 0 Å². The lowest BCUT2D eigenvalue weighted by atomic mass is 10.1. The van der Waals surface area contributed by atoms with Gasteiger partial charge < -0.3 is 10.1 Å². The summed E-state index contributed by atoms with van der Waals surface area (Å²) in [5.74, 6) is 0.293. The summed E-state index contributed by atoms with van der Waals surface area (Å²) in [7, 11) is 0. The van der Waals surface area contributed by atoms with E-state index in [9.17, 15) is 9.59 Å². The second-order valence-corrected chi connectivity index (χ2v) is 8.08. The Morgan fingerprint density at radius 3 is 2.52 bits per heavy atom. The van der Waals surface area contributed by atoms with E-state index in [1.807, 2.05) is 25.3 Å². The summed E-state index contributed by atoms with van der Waals surface area (Å²) < 4.78 is 5.26. The molecule has 1 heterocycles. The fourth-order valence-electron chi connectivity index (χ4n) is 3.09. The molecule has 0 spiro atoms. The summed E-state index contributed by atoms with van der Waals surface area (Å²) >= 11 is 1.39. The van der Waals surface area contributed by atoms with Crippen LogP contribution >= 0.6 is 11.8 Å². The second-order valence-electron chi connectivity index (χ2n) is 7.29. The number of hydrogen-bond donors (Lipinski definition) is 1. The number of hydrogen-bond acceptors (Lipinski definition) is 6. The Balaban J connectivity index is 1.59. The van der Waals surface area contributed by atoms with Gasteiger partial charge in [0, 0.05) is 5.92 Å². The summed E-state index contributed by atoms with van der Waals surface area (Å²) in [6.45, 7) is 5.45. The third kappa shape index (κ3) is 5.35. The number of nitrogens with zero attached hydrogens (tertiary/aromatic N) is 2. The van der Waals surface area contributed by atoms with E-state index in [4.69, 9.17) is 4.74 Å². The van der Waals surface area contributed by atoms with E-state index in [-0.39, 0.29) is 18.6 Å². The number of nitrogens with one attached hydrogen (secondary N) is 1. The summed E-state index contributed by atoms with van der Waals surface area (Å²) in [4.78, 5) is 33.8. The lowest BCUT2D eigenvalue weighted by Crippen LogP contribution is -2.31. The van der Waals surface area contributed by atoms with Gasteiger partial charge in [-0.3, -0.25) is 4.79 Å². The molecular formula is C22H27N3O3S. The molecule has 1 amide bonds. The number of aryl methyl sites for hydroxylation is 2. The molecule has 0 aliphatic heterocycles. The molecule has 1 saturated carbocycles. The Morgan fingerprint density at radius 1 is 1.24 bits per heavy atom. The number of carbonyl (C=O) groups excluding carboxylic acids is 2. The number of thioether (sulfide) groups is 1. The van der Waals surface area contributed by atoms with Crippen LogP contribution in [0.3, 0.4) is 0 Å². The molecule has 0 saturated heterocycles. The molecule has 6 nitrogen and oxygen atoms in total. The minimum absolute atomic E-state index is 0.170. The number of esters is 1. The lowest BCUT2D eigenvalue weighted by Gasteiger charge is -2.15. The highest BCUT2D eigenvalue weighted by Crippen LogP contribution is 2.39. The SMILES string of the molecule is CCc1ccc([C@H](C)NC(=O)COC(=O)c2c(C)nc(C3CC3)nc2SC)cc1. The number of benzene rings is 1. The van der Waals surface area contributed by atoms with Gasteiger partial charge in [-0.25, -0.2) is 14.8 Å². The van der Waals surface area contributed by atoms with Crippen LogP contribution in [0, 0.1) is 6.92 Å². The highest BCUT2D eigenvalue weighted by molar-refractivity contribution is 7.98. The van der Waals surface area contributed by atoms with Crippen molar-refractivity contribution in [3.05, 3.63) is 52.5 Å². The van der Waals surface area contributed by atoms with Crippen LogP contribution in [-0.2, 0) is 16.0 Å². The molecule has 1 fully saturated rings. The van der Waals surface area contributed by atoms with Gasteiger partial charge in [0.05, 0.1) is 11.7 Å². The molecule has 1 aromatic heterocycles. The molecular weight excluding hydrogens is 386 g/mol. The molecule has 29 heavy (non-hydrogen) atoms. The van der Waals surface area contributed by atoms with Crippen LogP contribution in [0.4, 0.5) is 0 Å². The van der Waals surface area contributed by atoms with Gasteiger partial charge in [-0.1, -0.05) is 31.2 Å². The van der Waals surface area contributed by atoms with Gasteiger partial charge >= 0.3 is 5.97 Å². The number of aromatic nitrogens is 2. The minimum Gasteiger partial charge on any atom is -0.452 e. The summed E-state index contributed by atoms with van der Waals surface area (Å²) in [6, 6.07) is 7.94. The number of rotatable bonds is 8. The van der Waals surface area contributed by atoms with E-state index in [1.165, 1.54) is 17.3 Å². The van der Waals surface area contributed by atoms with Crippen LogP contribution in [0.25, 0.3) is 0 Å². The predicted molar refractivity (Wildman–Crippen MR) is 113 cm³/mol. The van der Waals surface area contributed by atoms with Crippen LogP contribution < -0.4 is 5.32 Å². The van der Waals surface area contributed by atoms with Crippen molar-refractivity contribution in [2.45, 2.75) is 57.0 Å². The molecule has 0 unspecified atom stereocenters. The first-order chi connectivity index (χ1) is 13.9. The zero-order chi connectivity index (χ0) is 21.0. The molecule has 1 aliphatic rings. The predicted octanol–water partition coefficient (Wildman–Crippen LogP) is 3.98. The molecule has 1 N–H and O–H groups in total. The van der Waals surface area contributed by atoms with Gasteiger partial charge in [-0.05, 0) is 50.5 Å². The number of ether oxygens (including phenoxy) is 1. The molecule has 7 heteroatoms. The first-order valence-electron chi connectivity index (χ1n) is 9.90. The average Bonchev–Trinajstić information content (AvgIpc) is 3.56. The minimum atomic E-state index is -0.565. The smallest absolute Gasteiger partial charge is 0.343 e. The Morgan fingerprint density at radius 2 is 1.93 bits per heavy atom. The van der Waals surface area contributed by atoms with Crippen LogP contribution in [0.1, 0.15) is 71.7 Å². The lowest BCUT2D eigenvalue weighted by molar-refractivity contribution is -0.124. The summed E-state index contributed by atoms with van der Waals surface area (Å²) in [5, 5.41) is 3.47. The summed E-state index contributed by atoms with van der Waals surface area (Å²) in [5.41, 5.74) is 3.20. The molecule has 1 aromatic carbocycles. The first kappa shape index (κ1) is 21.3. The fourth-order valence-corrected chi connectivity index (χ4v) is 3.71. The average molecular weight is 414 g/mol. The van der Waals surface area contributed by atoms with Crippen molar-refractivity contribution in [1.82, 2.24) is 15.3 Å². The van der Waals surface area contributed by atoms with Gasteiger partial charge in [-0.15, -0.1) is 11.8 Å². The van der Waals surface area contributed by atoms with E-state index in [0.29, 0.717) is 22.2 Å². The van der Waals surface area contributed by atoms with Crippen molar-refractivity contribution in [2.24, 2.45) is 0 Å². The maximum Gasteiger partial charge on any atom is 0.343 e. The van der Waals surface area contributed by atoms with Gasteiger partial charge in [0.1, 0.15) is 16.4 Å². The highest BCUT2D eigenvalue weighted by atomic mass is 32.2. The molecule has 3 rings (SSSR count). The van der Waals surface area contributed by atoms with E-state index in [1.54, 1.807) is 6.92 Å². The first-order valence-corrected chi connectivity index (χ1v) is 11.1. The highest BCUT2D eigenvalue weighted by Gasteiger charge is 2.29. The zero-order valence-electron chi connectivity index (χ0n) is 17.3. The third-order valence-corrected chi connectivity index (χ3v) is 5.70. The normalized spacial score (nSPS) is 14.3. The molecule has 0 bridgehead atoms. The second kappa shape index (κ2) is 9.39. The van der Waals surface area contributed by atoms with Crippen molar-refractivity contribution < 1.29 is 14.3 Å². The standard InChI is InChI=1S/C22H27N3O3S/c1-5-15-6-8-16(9-7-15)13(2)23-18(26)12-28-22(27)19-14(3)24-20(17-10-11-17)25-21(19)29-4/h6-9,13,17H,5,10-12H2,1-4H3,(H,23,26)/t13-/m0/s1. The van der Waals surface area contributed by atoms with Crippen LogP contribution in [-0.4, -0.2) is 34.7 Å². The van der Waals surface area contributed by atoms with E-state index < -0.39 is 5.97 Å². The molecule has 1 aliphatic carbocycles. The maximum absolute atomic E-state index is 12.6. The summed E-state index contributed by atoms with van der Waals surface area (Å²) in [6.07, 6.45) is 5.03. The largest absolute Gasteiger partial charge is 0.452 e. The Kier molecular flexibility index (Phi) is 6.90. The van der Waals surface area contributed by atoms with Crippen molar-refractivity contribution >= 4 is 23.6 Å². The van der Waals surface area contributed by atoms with E-state index >= 15 is 0 Å². The van der Waals surface area contributed by atoms with Gasteiger partial charge in [0.15, 0.2) is 6.61 Å². The quantitative estimate of drug-likeness (QED) is 0.400. The van der Waals surface area contributed by atoms with E-state index in [2.05, 4.69) is 34.3 Å². The van der Waals surface area contributed by atoms with Gasteiger partial charge in [0.25, 0.3) is 5.91 Å². The Bertz CT molecular complexity index is 895. The van der Waals surface area contributed by atoms with Crippen molar-refractivity contribution in [2.75, 3.05) is 12.9 Å². The van der Waals surface area contributed by atoms with Gasteiger partial charge in [0.2, 0.25) is 0 Å². The van der Waals surface area contributed by atoms with Gasteiger partial charge in [-0.2, -0.15) is 0 Å². The fraction of sp³-hybridized carbons (Fsp3) is 0.455. The van der Waals surface area contributed by atoms with Crippen LogP contribution in [0.5, 0.6) is 0 Å². The monoisotopic (exact) mass is 413 g/mol. The molecule has 1 atom stereocenters. The van der Waals surface area contributed by atoms with Crippen molar-refractivity contribution in [3.8, 4) is 0 Å². The van der Waals surface area contributed by atoms with Crippen LogP contribution in [0.15, 0.2) is 29.3 Å². The van der Waals surface area contributed by atoms with Crippen molar-refractivity contribution in [3.63, 3.8) is 0 Å². The zero-order valence-corrected chi connectivity index (χ0v) is 18.1. The molecule has 0 radical (unpaired) electrons.